The number of hydrogen-bond acceptors (Lipinski definition) is 3. The Labute approximate surface area is 115 Å². The summed E-state index contributed by atoms with van der Waals surface area (Å²) in [6.07, 6.45) is 1.97. The highest BCUT2D eigenvalue weighted by Gasteiger charge is 2.38. The van der Waals surface area contributed by atoms with Crippen molar-refractivity contribution in [2.75, 3.05) is 13.7 Å². The minimum absolute atomic E-state index is 0.0523. The molecular weight excluding hydrogens is 238 g/mol. The van der Waals surface area contributed by atoms with Gasteiger partial charge in [-0.2, -0.15) is 0 Å². The van der Waals surface area contributed by atoms with Crippen molar-refractivity contribution in [3.63, 3.8) is 0 Å². The standard InChI is InChI=1S/C16H23NO2/c1-12(2)17-11-7-10-14(16(18)19-3)15(17)13-8-5-4-6-9-13/h4-6,8-9,12,14-15H,7,10-11H2,1-3H3/t14-,15+/m0/s1. The van der Waals surface area contributed by atoms with Crippen molar-refractivity contribution in [1.29, 1.82) is 0 Å². The summed E-state index contributed by atoms with van der Waals surface area (Å²) in [5.41, 5.74) is 1.21. The Kier molecular flexibility index (Phi) is 4.59. The van der Waals surface area contributed by atoms with Gasteiger partial charge in [0.2, 0.25) is 0 Å². The molecule has 1 saturated heterocycles. The molecule has 1 aliphatic rings. The fraction of sp³-hybridized carbons (Fsp3) is 0.562. The van der Waals surface area contributed by atoms with Crippen molar-refractivity contribution in [1.82, 2.24) is 4.90 Å². The van der Waals surface area contributed by atoms with Gasteiger partial charge < -0.3 is 4.74 Å². The summed E-state index contributed by atoms with van der Waals surface area (Å²) in [5, 5.41) is 0. The van der Waals surface area contributed by atoms with Crippen molar-refractivity contribution >= 4 is 5.97 Å². The van der Waals surface area contributed by atoms with Gasteiger partial charge in [-0.1, -0.05) is 30.3 Å². The number of piperidine rings is 1. The van der Waals surface area contributed by atoms with E-state index in [2.05, 4.69) is 30.9 Å². The van der Waals surface area contributed by atoms with Crippen LogP contribution in [0.15, 0.2) is 30.3 Å². The summed E-state index contributed by atoms with van der Waals surface area (Å²) in [5.74, 6) is -0.136. The van der Waals surface area contributed by atoms with Gasteiger partial charge in [-0.05, 0) is 38.8 Å². The van der Waals surface area contributed by atoms with Crippen LogP contribution >= 0.6 is 0 Å². The average molecular weight is 261 g/mol. The molecule has 0 N–H and O–H groups in total. The number of methoxy groups -OCH3 is 1. The second-order valence-electron chi connectivity index (χ2n) is 5.46. The van der Waals surface area contributed by atoms with Crippen molar-refractivity contribution in [3.05, 3.63) is 35.9 Å². The molecule has 1 aliphatic heterocycles. The SMILES string of the molecule is COC(=O)[C@H]1CCCN(C(C)C)[C@@H]1c1ccccc1. The van der Waals surface area contributed by atoms with E-state index in [0.717, 1.165) is 19.4 Å². The van der Waals surface area contributed by atoms with Crippen LogP contribution in [-0.2, 0) is 9.53 Å². The molecule has 0 spiro atoms. The first-order chi connectivity index (χ1) is 9.15. The van der Waals surface area contributed by atoms with Gasteiger partial charge in [-0.3, -0.25) is 9.69 Å². The molecule has 1 heterocycles. The molecule has 104 valence electrons. The minimum atomic E-state index is -0.0841. The molecule has 2 atom stereocenters. The number of benzene rings is 1. The molecule has 0 unspecified atom stereocenters. The summed E-state index contributed by atoms with van der Waals surface area (Å²) < 4.78 is 5.00. The Hall–Kier alpha value is -1.35. The molecule has 3 nitrogen and oxygen atoms in total. The van der Waals surface area contributed by atoms with Crippen molar-refractivity contribution in [2.45, 2.75) is 38.8 Å². The Bertz CT molecular complexity index is 416. The van der Waals surface area contributed by atoms with E-state index < -0.39 is 0 Å². The fourth-order valence-corrected chi connectivity index (χ4v) is 3.07. The first-order valence-corrected chi connectivity index (χ1v) is 7.03. The lowest BCUT2D eigenvalue weighted by molar-refractivity contribution is -0.150. The van der Waals surface area contributed by atoms with Gasteiger partial charge in [0, 0.05) is 12.1 Å². The summed E-state index contributed by atoms with van der Waals surface area (Å²) in [4.78, 5) is 14.5. The highest BCUT2D eigenvalue weighted by atomic mass is 16.5. The van der Waals surface area contributed by atoms with E-state index in [0.29, 0.717) is 6.04 Å². The first-order valence-electron chi connectivity index (χ1n) is 7.03. The number of esters is 1. The molecule has 0 radical (unpaired) electrons. The monoisotopic (exact) mass is 261 g/mol. The Morgan fingerprint density at radius 3 is 2.58 bits per heavy atom. The van der Waals surface area contributed by atoms with E-state index in [4.69, 9.17) is 4.74 Å². The van der Waals surface area contributed by atoms with Gasteiger partial charge in [0.05, 0.1) is 13.0 Å². The van der Waals surface area contributed by atoms with Crippen LogP contribution in [0.4, 0.5) is 0 Å². The van der Waals surface area contributed by atoms with E-state index in [1.54, 1.807) is 0 Å². The Morgan fingerprint density at radius 2 is 2.00 bits per heavy atom. The van der Waals surface area contributed by atoms with E-state index >= 15 is 0 Å². The Morgan fingerprint density at radius 1 is 1.32 bits per heavy atom. The number of carbonyl (C=O) groups excluding carboxylic acids is 1. The highest BCUT2D eigenvalue weighted by Crippen LogP contribution is 2.37. The fourth-order valence-electron chi connectivity index (χ4n) is 3.07. The third kappa shape index (κ3) is 2.98. The van der Waals surface area contributed by atoms with Crippen LogP contribution in [0, 0.1) is 5.92 Å². The summed E-state index contributed by atoms with van der Waals surface area (Å²) in [6.45, 7) is 5.43. The van der Waals surface area contributed by atoms with Crippen molar-refractivity contribution in [2.24, 2.45) is 5.92 Å². The highest BCUT2D eigenvalue weighted by molar-refractivity contribution is 5.73. The second-order valence-corrected chi connectivity index (χ2v) is 5.46. The molecule has 3 heteroatoms. The van der Waals surface area contributed by atoms with E-state index in [-0.39, 0.29) is 17.9 Å². The predicted octanol–water partition coefficient (Wildman–Crippen LogP) is 3.02. The molecular formula is C16H23NO2. The maximum Gasteiger partial charge on any atom is 0.310 e. The molecule has 0 aromatic heterocycles. The summed E-state index contributed by atoms with van der Waals surface area (Å²) in [7, 11) is 1.48. The molecule has 0 saturated carbocycles. The lowest BCUT2D eigenvalue weighted by atomic mass is 9.84. The number of carbonyl (C=O) groups is 1. The lowest BCUT2D eigenvalue weighted by Crippen LogP contribution is -2.45. The van der Waals surface area contributed by atoms with Crippen LogP contribution in [0.2, 0.25) is 0 Å². The molecule has 1 aromatic carbocycles. The van der Waals surface area contributed by atoms with Crippen LogP contribution in [0.5, 0.6) is 0 Å². The third-order valence-electron chi connectivity index (χ3n) is 3.98. The van der Waals surface area contributed by atoms with Gasteiger partial charge in [-0.15, -0.1) is 0 Å². The van der Waals surface area contributed by atoms with Gasteiger partial charge in [-0.25, -0.2) is 0 Å². The van der Waals surface area contributed by atoms with E-state index in [1.807, 2.05) is 18.2 Å². The maximum absolute atomic E-state index is 12.1. The minimum Gasteiger partial charge on any atom is -0.469 e. The lowest BCUT2D eigenvalue weighted by Gasteiger charge is -2.42. The van der Waals surface area contributed by atoms with Crippen LogP contribution in [0.25, 0.3) is 0 Å². The van der Waals surface area contributed by atoms with Gasteiger partial charge in [0.25, 0.3) is 0 Å². The van der Waals surface area contributed by atoms with Crippen LogP contribution < -0.4 is 0 Å². The largest absolute Gasteiger partial charge is 0.469 e. The maximum atomic E-state index is 12.1. The summed E-state index contributed by atoms with van der Waals surface area (Å²) >= 11 is 0. The van der Waals surface area contributed by atoms with Crippen LogP contribution in [0.3, 0.4) is 0 Å². The number of likely N-dealkylation sites (tertiary alicyclic amines) is 1. The average Bonchev–Trinajstić information content (AvgIpc) is 2.46. The molecule has 2 rings (SSSR count). The number of hydrogen-bond donors (Lipinski definition) is 0. The van der Waals surface area contributed by atoms with Crippen molar-refractivity contribution in [3.8, 4) is 0 Å². The third-order valence-corrected chi connectivity index (χ3v) is 3.98. The summed E-state index contributed by atoms with van der Waals surface area (Å²) in [6, 6.07) is 10.9. The van der Waals surface area contributed by atoms with Gasteiger partial charge >= 0.3 is 5.97 Å². The number of rotatable bonds is 3. The van der Waals surface area contributed by atoms with Crippen LogP contribution in [-0.4, -0.2) is 30.6 Å². The van der Waals surface area contributed by atoms with Gasteiger partial charge in [0.15, 0.2) is 0 Å². The normalized spacial score (nSPS) is 24.4. The van der Waals surface area contributed by atoms with E-state index in [9.17, 15) is 4.79 Å². The zero-order chi connectivity index (χ0) is 13.8. The smallest absolute Gasteiger partial charge is 0.310 e. The van der Waals surface area contributed by atoms with Gasteiger partial charge in [0.1, 0.15) is 0 Å². The quantitative estimate of drug-likeness (QED) is 0.783. The topological polar surface area (TPSA) is 29.5 Å². The molecule has 0 bridgehead atoms. The molecule has 19 heavy (non-hydrogen) atoms. The van der Waals surface area contributed by atoms with Crippen molar-refractivity contribution < 1.29 is 9.53 Å². The predicted molar refractivity (Wildman–Crippen MR) is 75.8 cm³/mol. The zero-order valence-corrected chi connectivity index (χ0v) is 12.0. The zero-order valence-electron chi connectivity index (χ0n) is 12.0. The number of ether oxygens (including phenoxy) is 1. The first kappa shape index (κ1) is 14.1. The molecule has 1 aromatic rings. The van der Waals surface area contributed by atoms with E-state index in [1.165, 1.54) is 12.7 Å². The molecule has 0 aliphatic carbocycles. The second kappa shape index (κ2) is 6.20. The molecule has 1 fully saturated rings. The molecule has 0 amide bonds. The number of nitrogens with zero attached hydrogens (tertiary/aromatic N) is 1. The van der Waals surface area contributed by atoms with Crippen LogP contribution in [0.1, 0.15) is 38.3 Å². The Balaban J connectivity index is 2.35.